The van der Waals surface area contributed by atoms with Crippen LogP contribution in [0.3, 0.4) is 0 Å². The summed E-state index contributed by atoms with van der Waals surface area (Å²) in [5.74, 6) is -0.480. The summed E-state index contributed by atoms with van der Waals surface area (Å²) in [5.41, 5.74) is 2.08. The summed E-state index contributed by atoms with van der Waals surface area (Å²) in [6.45, 7) is -0.173. The van der Waals surface area contributed by atoms with Crippen LogP contribution in [0, 0.1) is 5.92 Å². The third-order valence-corrected chi connectivity index (χ3v) is 4.77. The molecule has 1 heterocycles. The molecule has 0 amide bonds. The van der Waals surface area contributed by atoms with E-state index in [1.165, 1.54) is 4.90 Å². The van der Waals surface area contributed by atoms with Crippen LogP contribution in [-0.4, -0.2) is 47.7 Å². The Kier molecular flexibility index (Phi) is 7.04. The van der Waals surface area contributed by atoms with Gasteiger partial charge in [0, 0.05) is 28.7 Å². The van der Waals surface area contributed by atoms with E-state index in [0.717, 1.165) is 17.4 Å². The van der Waals surface area contributed by atoms with Gasteiger partial charge in [-0.3, -0.25) is 10.00 Å². The first-order chi connectivity index (χ1) is 11.9. The molecule has 0 saturated heterocycles. The lowest BCUT2D eigenvalue weighted by molar-refractivity contribution is -0.115. The average molecular weight is 437 g/mol. The number of hydrogen-bond donors (Lipinski definition) is 1. The van der Waals surface area contributed by atoms with Gasteiger partial charge in [0.2, 0.25) is 0 Å². The third kappa shape index (κ3) is 4.83. The van der Waals surface area contributed by atoms with Crippen LogP contribution in [-0.2, 0) is 22.6 Å². The Labute approximate surface area is 156 Å². The van der Waals surface area contributed by atoms with Gasteiger partial charge in [-0.2, -0.15) is 5.10 Å². The highest BCUT2D eigenvalue weighted by molar-refractivity contribution is 9.10. The molecule has 25 heavy (non-hydrogen) atoms. The first-order valence-corrected chi connectivity index (χ1v) is 8.73. The van der Waals surface area contributed by atoms with Crippen LogP contribution in [0.25, 0.3) is 10.9 Å². The molecule has 136 valence electrons. The van der Waals surface area contributed by atoms with Crippen LogP contribution in [0.15, 0.2) is 10.5 Å². The quantitative estimate of drug-likeness (QED) is 0.610. The van der Waals surface area contributed by atoms with E-state index in [-0.39, 0.29) is 13.0 Å². The predicted octanol–water partition coefficient (Wildman–Crippen LogP) is 3.62. The number of nitrogens with one attached hydrogen (secondary N) is 1. The van der Waals surface area contributed by atoms with E-state index >= 15 is 0 Å². The summed E-state index contributed by atoms with van der Waals surface area (Å²) in [4.78, 5) is 23.4. The highest BCUT2D eigenvalue weighted by Crippen LogP contribution is 2.34. The predicted molar refractivity (Wildman–Crippen MR) is 95.1 cm³/mol. The van der Waals surface area contributed by atoms with Crippen molar-refractivity contribution in [2.45, 2.75) is 25.8 Å². The fourth-order valence-electron chi connectivity index (χ4n) is 2.76. The Hall–Kier alpha value is -1.38. The molecule has 1 aromatic heterocycles. The van der Waals surface area contributed by atoms with Crippen molar-refractivity contribution in [3.8, 4) is 0 Å². The number of carbonyl (C=O) groups is 2. The molecule has 0 aliphatic rings. The largest absolute Gasteiger partial charge is 0.303 e. The minimum absolute atomic E-state index is 0.102. The van der Waals surface area contributed by atoms with Crippen molar-refractivity contribution < 1.29 is 18.4 Å². The van der Waals surface area contributed by atoms with Crippen LogP contribution in [0.5, 0.6) is 0 Å². The van der Waals surface area contributed by atoms with E-state index in [0.29, 0.717) is 33.2 Å². The SMILES string of the molecule is CN(Cc1c(C[C@H](C=O)CC=O)cc(Br)c2n[nH]c(Cl)c12)CC(F)F. The molecule has 2 aromatic rings. The van der Waals surface area contributed by atoms with Crippen LogP contribution >= 0.6 is 27.5 Å². The highest BCUT2D eigenvalue weighted by atomic mass is 79.9. The number of alkyl halides is 2. The second-order valence-corrected chi connectivity index (χ2v) is 7.08. The number of aromatic amines is 1. The number of nitrogens with zero attached hydrogens (tertiary/aromatic N) is 2. The van der Waals surface area contributed by atoms with E-state index in [2.05, 4.69) is 26.1 Å². The first-order valence-electron chi connectivity index (χ1n) is 7.56. The Morgan fingerprint density at radius 1 is 1.44 bits per heavy atom. The van der Waals surface area contributed by atoms with E-state index < -0.39 is 18.9 Å². The van der Waals surface area contributed by atoms with Crippen LogP contribution in [0.2, 0.25) is 5.15 Å². The molecule has 0 fully saturated rings. The normalized spacial score (nSPS) is 12.9. The average Bonchev–Trinajstić information content (AvgIpc) is 2.92. The number of aldehydes is 2. The molecule has 0 spiro atoms. The number of fused-ring (bicyclic) bond motifs is 1. The standard InChI is InChI=1S/C16H17BrClF2N3O2/c1-23(7-13(19)20)6-11-10(4-9(8-25)2-3-24)5-12(17)15-14(11)16(18)22-21-15/h3,5,8-9,13H,2,4,6-7H2,1H3,(H,21,22)/t9-/m1/s1. The van der Waals surface area contributed by atoms with E-state index in [4.69, 9.17) is 11.6 Å². The fourth-order valence-corrected chi connectivity index (χ4v) is 3.57. The smallest absolute Gasteiger partial charge is 0.251 e. The molecule has 0 aliphatic carbocycles. The van der Waals surface area contributed by atoms with Crippen LogP contribution in [0.1, 0.15) is 17.5 Å². The maximum Gasteiger partial charge on any atom is 0.251 e. The summed E-state index contributed by atoms with van der Waals surface area (Å²) in [5, 5.41) is 7.74. The van der Waals surface area contributed by atoms with Crippen molar-refractivity contribution in [3.05, 3.63) is 26.8 Å². The zero-order chi connectivity index (χ0) is 18.6. The van der Waals surface area contributed by atoms with Crippen LogP contribution in [0.4, 0.5) is 8.78 Å². The molecular formula is C16H17BrClF2N3O2. The highest BCUT2D eigenvalue weighted by Gasteiger charge is 2.21. The Morgan fingerprint density at radius 3 is 2.76 bits per heavy atom. The Bertz CT molecular complexity index is 769. The second kappa shape index (κ2) is 8.82. The van der Waals surface area contributed by atoms with Gasteiger partial charge in [0.1, 0.15) is 23.2 Å². The lowest BCUT2D eigenvalue weighted by atomic mass is 9.92. The van der Waals surface area contributed by atoms with Gasteiger partial charge in [-0.1, -0.05) is 11.6 Å². The van der Waals surface area contributed by atoms with Gasteiger partial charge < -0.3 is 9.59 Å². The van der Waals surface area contributed by atoms with Gasteiger partial charge in [0.05, 0.1) is 6.54 Å². The van der Waals surface area contributed by atoms with Crippen molar-refractivity contribution in [1.29, 1.82) is 0 Å². The van der Waals surface area contributed by atoms with Crippen molar-refractivity contribution >= 4 is 51.0 Å². The van der Waals surface area contributed by atoms with Gasteiger partial charge in [-0.25, -0.2) is 8.78 Å². The van der Waals surface area contributed by atoms with Gasteiger partial charge in [-0.05, 0) is 46.6 Å². The third-order valence-electron chi connectivity index (χ3n) is 3.89. The number of aromatic nitrogens is 2. The minimum atomic E-state index is -2.46. The number of H-pyrrole nitrogens is 1. The van der Waals surface area contributed by atoms with Gasteiger partial charge >= 0.3 is 0 Å². The molecule has 0 bridgehead atoms. The fraction of sp³-hybridized carbons (Fsp3) is 0.438. The molecular weight excluding hydrogens is 420 g/mol. The van der Waals surface area contributed by atoms with Crippen molar-refractivity contribution in [2.75, 3.05) is 13.6 Å². The maximum absolute atomic E-state index is 12.7. The molecule has 0 saturated carbocycles. The molecule has 5 nitrogen and oxygen atoms in total. The van der Waals surface area contributed by atoms with E-state index in [9.17, 15) is 18.4 Å². The molecule has 9 heteroatoms. The number of halogens is 4. The second-order valence-electron chi connectivity index (χ2n) is 5.85. The summed E-state index contributed by atoms with van der Waals surface area (Å²) in [6.07, 6.45) is -0.617. The van der Waals surface area contributed by atoms with Crippen molar-refractivity contribution in [2.24, 2.45) is 5.92 Å². The summed E-state index contributed by atoms with van der Waals surface area (Å²) in [6, 6.07) is 1.80. The number of hydrogen-bond acceptors (Lipinski definition) is 4. The Balaban J connectivity index is 2.50. The zero-order valence-corrected chi connectivity index (χ0v) is 15.8. The summed E-state index contributed by atoms with van der Waals surface area (Å²) in [7, 11) is 1.58. The molecule has 0 unspecified atom stereocenters. The number of carbonyl (C=O) groups excluding carboxylic acids is 2. The molecule has 1 aromatic carbocycles. The van der Waals surface area contributed by atoms with Crippen LogP contribution < -0.4 is 0 Å². The summed E-state index contributed by atoms with van der Waals surface area (Å²) >= 11 is 9.63. The lowest BCUT2D eigenvalue weighted by Crippen LogP contribution is -2.25. The monoisotopic (exact) mass is 435 g/mol. The molecule has 0 aliphatic heterocycles. The molecule has 0 radical (unpaired) electrons. The minimum Gasteiger partial charge on any atom is -0.303 e. The molecule has 1 atom stereocenters. The maximum atomic E-state index is 12.7. The molecule has 2 rings (SSSR count). The number of benzene rings is 1. The topological polar surface area (TPSA) is 66.1 Å². The Morgan fingerprint density at radius 2 is 2.16 bits per heavy atom. The zero-order valence-electron chi connectivity index (χ0n) is 13.4. The van der Waals surface area contributed by atoms with E-state index in [1.54, 1.807) is 13.1 Å². The first kappa shape index (κ1) is 19.9. The van der Waals surface area contributed by atoms with Gasteiger partial charge in [0.25, 0.3) is 6.43 Å². The van der Waals surface area contributed by atoms with Crippen molar-refractivity contribution in [1.82, 2.24) is 15.1 Å². The van der Waals surface area contributed by atoms with Gasteiger partial charge in [0.15, 0.2) is 0 Å². The lowest BCUT2D eigenvalue weighted by Gasteiger charge is -2.20. The summed E-state index contributed by atoms with van der Waals surface area (Å²) < 4.78 is 26.0. The number of rotatable bonds is 9. The molecule has 1 N–H and O–H groups in total. The van der Waals surface area contributed by atoms with Gasteiger partial charge in [-0.15, -0.1) is 0 Å². The van der Waals surface area contributed by atoms with E-state index in [1.807, 2.05) is 0 Å². The van der Waals surface area contributed by atoms with Crippen molar-refractivity contribution in [3.63, 3.8) is 0 Å².